The zero-order chi connectivity index (χ0) is 20.6. The van der Waals surface area contributed by atoms with Gasteiger partial charge in [0.05, 0.1) is 20.2 Å². The molecule has 0 radical (unpaired) electrons. The maximum absolute atomic E-state index is 12.3. The van der Waals surface area contributed by atoms with Crippen molar-refractivity contribution in [1.29, 1.82) is 0 Å². The molecule has 2 aromatic carbocycles. The highest BCUT2D eigenvalue weighted by Crippen LogP contribution is 2.23. The molecule has 0 saturated heterocycles. The highest BCUT2D eigenvalue weighted by atomic mass is 19.4. The van der Waals surface area contributed by atoms with Crippen molar-refractivity contribution in [2.24, 2.45) is 0 Å². The van der Waals surface area contributed by atoms with E-state index in [9.17, 15) is 22.8 Å². The smallest absolute Gasteiger partial charge is 0.468 e. The second-order valence-corrected chi connectivity index (χ2v) is 5.83. The van der Waals surface area contributed by atoms with Crippen molar-refractivity contribution in [2.75, 3.05) is 25.5 Å². The summed E-state index contributed by atoms with van der Waals surface area (Å²) in [5.41, 5.74) is 1.21. The summed E-state index contributed by atoms with van der Waals surface area (Å²) in [6, 6.07) is 14.0. The largest absolute Gasteiger partial charge is 0.573 e. The topological polar surface area (TPSA) is 67.9 Å². The molecule has 28 heavy (non-hydrogen) atoms. The summed E-state index contributed by atoms with van der Waals surface area (Å²) in [5.74, 6) is -1.30. The van der Waals surface area contributed by atoms with Gasteiger partial charge in [-0.1, -0.05) is 30.3 Å². The first-order chi connectivity index (χ1) is 13.2. The molecule has 1 N–H and O–H groups in total. The highest BCUT2D eigenvalue weighted by Gasteiger charge is 2.31. The molecule has 1 amide bonds. The number of carbonyl (C=O) groups is 2. The van der Waals surface area contributed by atoms with Crippen LogP contribution in [0.25, 0.3) is 0 Å². The van der Waals surface area contributed by atoms with Crippen molar-refractivity contribution in [2.45, 2.75) is 12.9 Å². The number of anilines is 1. The number of ether oxygens (including phenoxy) is 2. The standard InChI is InChI=1S/C19H19F3N2O4/c1-27-18(26)13-24(11-14-5-3-2-4-6-14)12-17(25)23-15-7-9-16(10-8-15)28-19(20,21)22/h2-10H,11-13H2,1H3,(H,23,25). The minimum absolute atomic E-state index is 0.0861. The van der Waals surface area contributed by atoms with Gasteiger partial charge in [-0.05, 0) is 29.8 Å². The SMILES string of the molecule is COC(=O)CN(CC(=O)Nc1ccc(OC(F)(F)F)cc1)Cc1ccccc1. The fourth-order valence-corrected chi connectivity index (χ4v) is 2.40. The van der Waals surface area contributed by atoms with Crippen LogP contribution in [0, 0.1) is 0 Å². The first-order valence-electron chi connectivity index (χ1n) is 8.24. The summed E-state index contributed by atoms with van der Waals surface area (Å²) in [4.78, 5) is 25.5. The van der Waals surface area contributed by atoms with Crippen LogP contribution in [0.15, 0.2) is 54.6 Å². The molecular weight excluding hydrogens is 377 g/mol. The molecule has 0 aliphatic heterocycles. The number of alkyl halides is 3. The van der Waals surface area contributed by atoms with E-state index in [-0.39, 0.29) is 18.8 Å². The van der Waals surface area contributed by atoms with Crippen molar-refractivity contribution < 1.29 is 32.2 Å². The number of rotatable bonds is 8. The van der Waals surface area contributed by atoms with Crippen LogP contribution >= 0.6 is 0 Å². The van der Waals surface area contributed by atoms with Crippen LogP contribution < -0.4 is 10.1 Å². The summed E-state index contributed by atoms with van der Waals surface area (Å²) in [7, 11) is 1.26. The number of esters is 1. The van der Waals surface area contributed by atoms with Gasteiger partial charge in [0.1, 0.15) is 5.75 Å². The Bertz CT molecular complexity index is 780. The molecule has 150 valence electrons. The Morgan fingerprint density at radius 2 is 1.64 bits per heavy atom. The Hall–Kier alpha value is -3.07. The predicted molar refractivity (Wildman–Crippen MR) is 95.5 cm³/mol. The van der Waals surface area contributed by atoms with Gasteiger partial charge in [-0.15, -0.1) is 13.2 Å². The molecule has 0 fully saturated rings. The molecule has 9 heteroatoms. The van der Waals surface area contributed by atoms with Gasteiger partial charge in [0.2, 0.25) is 5.91 Å². The normalized spacial score (nSPS) is 11.2. The van der Waals surface area contributed by atoms with E-state index in [0.29, 0.717) is 12.2 Å². The third kappa shape index (κ3) is 7.67. The molecule has 0 aromatic heterocycles. The average Bonchev–Trinajstić information content (AvgIpc) is 2.62. The van der Waals surface area contributed by atoms with Gasteiger partial charge in [-0.2, -0.15) is 0 Å². The van der Waals surface area contributed by atoms with Gasteiger partial charge >= 0.3 is 12.3 Å². The van der Waals surface area contributed by atoms with Gasteiger partial charge in [-0.25, -0.2) is 0 Å². The number of carbonyl (C=O) groups excluding carboxylic acids is 2. The minimum Gasteiger partial charge on any atom is -0.468 e. The van der Waals surface area contributed by atoms with Crippen LogP contribution in [0.4, 0.5) is 18.9 Å². The third-order valence-electron chi connectivity index (χ3n) is 3.57. The molecule has 0 unspecified atom stereocenters. The summed E-state index contributed by atoms with van der Waals surface area (Å²) >= 11 is 0. The molecule has 2 aromatic rings. The van der Waals surface area contributed by atoms with E-state index in [0.717, 1.165) is 17.7 Å². The molecule has 0 bridgehead atoms. The highest BCUT2D eigenvalue weighted by molar-refractivity contribution is 5.92. The molecule has 0 atom stereocenters. The number of benzene rings is 2. The van der Waals surface area contributed by atoms with Crippen LogP contribution in [-0.2, 0) is 20.9 Å². The van der Waals surface area contributed by atoms with Crippen LogP contribution in [0.2, 0.25) is 0 Å². The summed E-state index contributed by atoms with van der Waals surface area (Å²) in [5, 5.41) is 2.57. The van der Waals surface area contributed by atoms with Crippen LogP contribution in [-0.4, -0.2) is 43.3 Å². The molecule has 0 aliphatic rings. The number of nitrogens with zero attached hydrogens (tertiary/aromatic N) is 1. The fourth-order valence-electron chi connectivity index (χ4n) is 2.40. The number of methoxy groups -OCH3 is 1. The monoisotopic (exact) mass is 396 g/mol. The van der Waals surface area contributed by atoms with Gasteiger partial charge < -0.3 is 14.8 Å². The van der Waals surface area contributed by atoms with Crippen LogP contribution in [0.5, 0.6) is 5.75 Å². The van der Waals surface area contributed by atoms with Crippen molar-refractivity contribution >= 4 is 17.6 Å². The molecular formula is C19H19F3N2O4. The third-order valence-corrected chi connectivity index (χ3v) is 3.57. The van der Waals surface area contributed by atoms with E-state index >= 15 is 0 Å². The maximum atomic E-state index is 12.3. The number of halogens is 3. The Balaban J connectivity index is 1.97. The van der Waals surface area contributed by atoms with E-state index in [2.05, 4.69) is 14.8 Å². The van der Waals surface area contributed by atoms with Crippen molar-refractivity contribution in [3.63, 3.8) is 0 Å². The van der Waals surface area contributed by atoms with Gasteiger partial charge in [0.15, 0.2) is 0 Å². The first kappa shape index (κ1) is 21.2. The second kappa shape index (κ2) is 9.75. The Morgan fingerprint density at radius 3 is 2.21 bits per heavy atom. The maximum Gasteiger partial charge on any atom is 0.573 e. The van der Waals surface area contributed by atoms with E-state index in [1.807, 2.05) is 30.3 Å². The number of amides is 1. The van der Waals surface area contributed by atoms with E-state index in [1.54, 1.807) is 4.90 Å². The molecule has 6 nitrogen and oxygen atoms in total. The lowest BCUT2D eigenvalue weighted by Crippen LogP contribution is -2.36. The average molecular weight is 396 g/mol. The van der Waals surface area contributed by atoms with Crippen molar-refractivity contribution in [3.8, 4) is 5.75 Å². The zero-order valence-electron chi connectivity index (χ0n) is 15.0. The Kier molecular flexibility index (Phi) is 7.39. The zero-order valence-corrected chi connectivity index (χ0v) is 15.0. The minimum atomic E-state index is -4.78. The molecule has 0 heterocycles. The lowest BCUT2D eigenvalue weighted by Gasteiger charge is -2.20. The van der Waals surface area contributed by atoms with E-state index < -0.39 is 18.2 Å². The van der Waals surface area contributed by atoms with E-state index in [4.69, 9.17) is 0 Å². The fraction of sp³-hybridized carbons (Fsp3) is 0.263. The summed E-state index contributed by atoms with van der Waals surface area (Å²) in [6.07, 6.45) is -4.78. The number of nitrogens with one attached hydrogen (secondary N) is 1. The predicted octanol–water partition coefficient (Wildman–Crippen LogP) is 3.20. The van der Waals surface area contributed by atoms with Gasteiger partial charge in [0.25, 0.3) is 0 Å². The lowest BCUT2D eigenvalue weighted by molar-refractivity contribution is -0.274. The van der Waals surface area contributed by atoms with E-state index in [1.165, 1.54) is 19.2 Å². The van der Waals surface area contributed by atoms with Crippen molar-refractivity contribution in [1.82, 2.24) is 4.90 Å². The van der Waals surface area contributed by atoms with Crippen molar-refractivity contribution in [3.05, 3.63) is 60.2 Å². The van der Waals surface area contributed by atoms with Gasteiger partial charge in [0, 0.05) is 12.2 Å². The second-order valence-electron chi connectivity index (χ2n) is 5.83. The Morgan fingerprint density at radius 1 is 1.00 bits per heavy atom. The molecule has 0 spiro atoms. The lowest BCUT2D eigenvalue weighted by atomic mass is 10.2. The first-order valence-corrected chi connectivity index (χ1v) is 8.24. The quantitative estimate of drug-likeness (QED) is 0.694. The Labute approximate surface area is 159 Å². The summed E-state index contributed by atoms with van der Waals surface area (Å²) in [6.45, 7) is 0.156. The van der Waals surface area contributed by atoms with Crippen LogP contribution in [0.3, 0.4) is 0 Å². The molecule has 2 rings (SSSR count). The van der Waals surface area contributed by atoms with Crippen LogP contribution in [0.1, 0.15) is 5.56 Å². The summed E-state index contributed by atoms with van der Waals surface area (Å²) < 4.78 is 44.9. The molecule has 0 saturated carbocycles. The van der Waals surface area contributed by atoms with Gasteiger partial charge in [-0.3, -0.25) is 14.5 Å². The number of hydrogen-bond acceptors (Lipinski definition) is 5. The number of hydrogen-bond donors (Lipinski definition) is 1. The molecule has 0 aliphatic carbocycles.